The zero-order chi connectivity index (χ0) is 15.5. The van der Waals surface area contributed by atoms with Crippen LogP contribution in [0.15, 0.2) is 0 Å². The molecule has 0 aromatic rings. The summed E-state index contributed by atoms with van der Waals surface area (Å²) >= 11 is 0. The van der Waals surface area contributed by atoms with Crippen molar-refractivity contribution in [2.24, 2.45) is 29.1 Å². The number of carbonyl (C=O) groups is 2. The molecule has 0 amide bonds. The lowest BCUT2D eigenvalue weighted by Gasteiger charge is -2.48. The predicted octanol–water partition coefficient (Wildman–Crippen LogP) is 3.65. The largest absolute Gasteiger partial charge is 0.481 e. The Balaban J connectivity index is 3.32. The average molecular weight is 284 g/mol. The van der Waals surface area contributed by atoms with Crippen molar-refractivity contribution >= 4 is 11.9 Å². The fourth-order valence-corrected chi connectivity index (χ4v) is 4.42. The van der Waals surface area contributed by atoms with Crippen molar-refractivity contribution in [1.29, 1.82) is 0 Å². The molecule has 1 rings (SSSR count). The SMILES string of the molecule is CC(C)C(C(=O)O)C1(C(C(=O)O)C(C)C)CCCCC1. The Morgan fingerprint density at radius 2 is 1.15 bits per heavy atom. The molecule has 1 saturated carbocycles. The Morgan fingerprint density at radius 3 is 1.40 bits per heavy atom. The average Bonchev–Trinajstić information content (AvgIpc) is 2.27. The summed E-state index contributed by atoms with van der Waals surface area (Å²) in [5, 5.41) is 19.4. The van der Waals surface area contributed by atoms with E-state index in [9.17, 15) is 19.8 Å². The smallest absolute Gasteiger partial charge is 0.307 e. The standard InChI is InChI=1S/C16H28O4/c1-10(2)12(14(17)18)16(8-6-5-7-9-16)13(11(3)4)15(19)20/h10-13H,5-9H2,1-4H3,(H,17,18)(H,19,20). The first-order chi connectivity index (χ1) is 9.24. The maximum atomic E-state index is 11.8. The highest BCUT2D eigenvalue weighted by molar-refractivity contribution is 5.76. The summed E-state index contributed by atoms with van der Waals surface area (Å²) in [6.45, 7) is 7.59. The molecule has 4 heteroatoms. The number of carboxylic acid groups (broad SMARTS) is 2. The zero-order valence-corrected chi connectivity index (χ0v) is 13.1. The van der Waals surface area contributed by atoms with E-state index < -0.39 is 29.2 Å². The van der Waals surface area contributed by atoms with Crippen LogP contribution in [0.5, 0.6) is 0 Å². The van der Waals surface area contributed by atoms with Crippen LogP contribution in [0.25, 0.3) is 0 Å². The van der Waals surface area contributed by atoms with Crippen LogP contribution in [-0.2, 0) is 9.59 Å². The first kappa shape index (κ1) is 17.0. The molecule has 0 heterocycles. The van der Waals surface area contributed by atoms with Gasteiger partial charge in [-0.2, -0.15) is 0 Å². The molecule has 20 heavy (non-hydrogen) atoms. The van der Waals surface area contributed by atoms with Crippen molar-refractivity contribution in [2.75, 3.05) is 0 Å². The van der Waals surface area contributed by atoms with Gasteiger partial charge < -0.3 is 10.2 Å². The summed E-state index contributed by atoms with van der Waals surface area (Å²) in [6.07, 6.45) is 4.39. The van der Waals surface area contributed by atoms with Crippen molar-refractivity contribution in [1.82, 2.24) is 0 Å². The van der Waals surface area contributed by atoms with Gasteiger partial charge in [0, 0.05) is 0 Å². The van der Waals surface area contributed by atoms with E-state index in [0.29, 0.717) is 0 Å². The molecule has 116 valence electrons. The first-order valence-electron chi connectivity index (χ1n) is 7.69. The summed E-state index contributed by atoms with van der Waals surface area (Å²) in [7, 11) is 0. The molecular weight excluding hydrogens is 256 g/mol. The molecule has 1 aliphatic carbocycles. The van der Waals surface area contributed by atoms with Crippen molar-refractivity contribution in [3.63, 3.8) is 0 Å². The van der Waals surface area contributed by atoms with Crippen LogP contribution in [0, 0.1) is 29.1 Å². The Morgan fingerprint density at radius 1 is 0.800 bits per heavy atom. The Kier molecular flexibility index (Phi) is 5.60. The van der Waals surface area contributed by atoms with Crippen LogP contribution < -0.4 is 0 Å². The lowest BCUT2D eigenvalue weighted by atomic mass is 9.54. The monoisotopic (exact) mass is 284 g/mol. The maximum absolute atomic E-state index is 11.8. The van der Waals surface area contributed by atoms with Crippen molar-refractivity contribution < 1.29 is 19.8 Å². The second kappa shape index (κ2) is 6.59. The van der Waals surface area contributed by atoms with Gasteiger partial charge in [-0.15, -0.1) is 0 Å². The second-order valence-corrected chi connectivity index (χ2v) is 6.91. The Bertz CT molecular complexity index is 325. The molecule has 0 aromatic carbocycles. The third kappa shape index (κ3) is 3.15. The summed E-state index contributed by atoms with van der Waals surface area (Å²) in [4.78, 5) is 23.6. The summed E-state index contributed by atoms with van der Waals surface area (Å²) in [5.41, 5.74) is -0.599. The quantitative estimate of drug-likeness (QED) is 0.780. The highest BCUT2D eigenvalue weighted by Crippen LogP contribution is 2.53. The molecule has 2 atom stereocenters. The van der Waals surface area contributed by atoms with Gasteiger partial charge in [-0.3, -0.25) is 9.59 Å². The van der Waals surface area contributed by atoms with E-state index in [0.717, 1.165) is 32.1 Å². The fourth-order valence-electron chi connectivity index (χ4n) is 4.42. The molecule has 0 aromatic heterocycles. The maximum Gasteiger partial charge on any atom is 0.307 e. The van der Waals surface area contributed by atoms with Crippen LogP contribution >= 0.6 is 0 Å². The van der Waals surface area contributed by atoms with Gasteiger partial charge in [-0.05, 0) is 30.1 Å². The molecule has 1 fully saturated rings. The molecule has 2 N–H and O–H groups in total. The summed E-state index contributed by atoms with van der Waals surface area (Å²) in [5.74, 6) is -2.93. The Labute approximate surface area is 121 Å². The minimum atomic E-state index is -0.839. The molecule has 0 bridgehead atoms. The fraction of sp³-hybridized carbons (Fsp3) is 0.875. The lowest BCUT2D eigenvalue weighted by molar-refractivity contribution is -0.165. The number of rotatable bonds is 6. The number of hydrogen-bond donors (Lipinski definition) is 2. The van der Waals surface area contributed by atoms with Crippen LogP contribution in [0.2, 0.25) is 0 Å². The zero-order valence-electron chi connectivity index (χ0n) is 13.1. The van der Waals surface area contributed by atoms with Crippen molar-refractivity contribution in [2.45, 2.75) is 59.8 Å². The van der Waals surface area contributed by atoms with Crippen LogP contribution in [0.4, 0.5) is 0 Å². The van der Waals surface area contributed by atoms with Gasteiger partial charge in [0.25, 0.3) is 0 Å². The van der Waals surface area contributed by atoms with Gasteiger partial charge in [0.1, 0.15) is 0 Å². The first-order valence-corrected chi connectivity index (χ1v) is 7.69. The van der Waals surface area contributed by atoms with Gasteiger partial charge in [-0.1, -0.05) is 47.0 Å². The highest BCUT2D eigenvalue weighted by Gasteiger charge is 2.53. The molecule has 1 aliphatic rings. The molecule has 0 spiro atoms. The van der Waals surface area contributed by atoms with E-state index in [1.165, 1.54) is 0 Å². The molecule has 0 saturated heterocycles. The normalized spacial score (nSPS) is 21.7. The van der Waals surface area contributed by atoms with Gasteiger partial charge in [0.15, 0.2) is 0 Å². The van der Waals surface area contributed by atoms with Gasteiger partial charge in [0.05, 0.1) is 11.8 Å². The molecule has 4 nitrogen and oxygen atoms in total. The third-order valence-electron chi connectivity index (χ3n) is 4.89. The summed E-state index contributed by atoms with van der Waals surface area (Å²) < 4.78 is 0. The van der Waals surface area contributed by atoms with Crippen molar-refractivity contribution in [3.8, 4) is 0 Å². The van der Waals surface area contributed by atoms with Crippen LogP contribution in [-0.4, -0.2) is 22.2 Å². The number of hydrogen-bond acceptors (Lipinski definition) is 2. The van der Waals surface area contributed by atoms with Gasteiger partial charge >= 0.3 is 11.9 Å². The topological polar surface area (TPSA) is 74.6 Å². The van der Waals surface area contributed by atoms with Crippen LogP contribution in [0.1, 0.15) is 59.8 Å². The number of aliphatic carboxylic acids is 2. The minimum absolute atomic E-state index is 0.0498. The summed E-state index contributed by atoms with van der Waals surface area (Å²) in [6, 6.07) is 0. The lowest BCUT2D eigenvalue weighted by Crippen LogP contribution is -2.50. The minimum Gasteiger partial charge on any atom is -0.481 e. The molecule has 2 unspecified atom stereocenters. The third-order valence-corrected chi connectivity index (χ3v) is 4.89. The van der Waals surface area contributed by atoms with E-state index in [1.807, 2.05) is 27.7 Å². The highest BCUT2D eigenvalue weighted by atomic mass is 16.4. The van der Waals surface area contributed by atoms with E-state index in [1.54, 1.807) is 0 Å². The van der Waals surface area contributed by atoms with E-state index in [-0.39, 0.29) is 11.8 Å². The van der Waals surface area contributed by atoms with E-state index in [2.05, 4.69) is 0 Å². The molecule has 0 aliphatic heterocycles. The van der Waals surface area contributed by atoms with Crippen LogP contribution in [0.3, 0.4) is 0 Å². The number of carboxylic acids is 2. The van der Waals surface area contributed by atoms with E-state index >= 15 is 0 Å². The predicted molar refractivity (Wildman–Crippen MR) is 77.4 cm³/mol. The van der Waals surface area contributed by atoms with Crippen molar-refractivity contribution in [3.05, 3.63) is 0 Å². The second-order valence-electron chi connectivity index (χ2n) is 6.91. The van der Waals surface area contributed by atoms with Gasteiger partial charge in [0.2, 0.25) is 0 Å². The Hall–Kier alpha value is -1.06. The van der Waals surface area contributed by atoms with E-state index in [4.69, 9.17) is 0 Å². The van der Waals surface area contributed by atoms with Gasteiger partial charge in [-0.25, -0.2) is 0 Å². The molecule has 0 radical (unpaired) electrons. The molecular formula is C16H28O4.